The van der Waals surface area contributed by atoms with Gasteiger partial charge in [0.15, 0.2) is 5.13 Å². The normalized spacial score (nSPS) is 17.2. The summed E-state index contributed by atoms with van der Waals surface area (Å²) in [6.07, 6.45) is 4.52. The summed E-state index contributed by atoms with van der Waals surface area (Å²) in [5, 5.41) is 5.11. The first-order chi connectivity index (χ1) is 10.6. The van der Waals surface area contributed by atoms with Gasteiger partial charge >= 0.3 is 0 Å². The Kier molecular flexibility index (Phi) is 4.22. The zero-order valence-electron chi connectivity index (χ0n) is 12.1. The maximum absolute atomic E-state index is 13.3. The molecule has 1 heterocycles. The van der Waals surface area contributed by atoms with Gasteiger partial charge in [0, 0.05) is 10.9 Å². The number of nitrogens with zero attached hydrogens (tertiary/aromatic N) is 1. The molecule has 0 spiro atoms. The Balaban J connectivity index is 1.73. The highest BCUT2D eigenvalue weighted by molar-refractivity contribution is 7.14. The maximum atomic E-state index is 13.3. The molecule has 4 nitrogen and oxygen atoms in total. The van der Waals surface area contributed by atoms with Crippen LogP contribution in [0.5, 0.6) is 0 Å². The Labute approximate surface area is 132 Å². The van der Waals surface area contributed by atoms with Crippen molar-refractivity contribution in [1.82, 2.24) is 4.98 Å². The van der Waals surface area contributed by atoms with Crippen LogP contribution in [-0.2, 0) is 4.79 Å². The lowest BCUT2D eigenvalue weighted by atomic mass is 9.82. The van der Waals surface area contributed by atoms with Gasteiger partial charge in [0.2, 0.25) is 5.91 Å². The molecule has 1 fully saturated rings. The topological polar surface area (TPSA) is 68.0 Å². The second-order valence-corrected chi connectivity index (χ2v) is 6.58. The number of amides is 1. The Morgan fingerprint density at radius 1 is 1.32 bits per heavy atom. The standard InChI is InChI=1S/C16H18FN3OS/c17-12-6-4-5-11(9-12)13-10-22-15(19-13)20-14(21)16(18)7-2-1-3-8-16/h4-6,9-10H,1-3,7-8,18H2,(H,19,20,21). The second-order valence-electron chi connectivity index (χ2n) is 5.72. The molecular weight excluding hydrogens is 301 g/mol. The van der Waals surface area contributed by atoms with Gasteiger partial charge in [-0.3, -0.25) is 4.79 Å². The fraction of sp³-hybridized carbons (Fsp3) is 0.375. The molecule has 0 radical (unpaired) electrons. The van der Waals surface area contributed by atoms with Crippen LogP contribution in [0.4, 0.5) is 9.52 Å². The molecule has 116 valence electrons. The monoisotopic (exact) mass is 319 g/mol. The number of aromatic nitrogens is 1. The van der Waals surface area contributed by atoms with Crippen LogP contribution in [0, 0.1) is 5.82 Å². The van der Waals surface area contributed by atoms with Crippen LogP contribution < -0.4 is 11.1 Å². The van der Waals surface area contributed by atoms with Crippen molar-refractivity contribution in [2.45, 2.75) is 37.6 Å². The van der Waals surface area contributed by atoms with Crippen molar-refractivity contribution in [3.05, 3.63) is 35.5 Å². The van der Waals surface area contributed by atoms with E-state index in [0.29, 0.717) is 29.2 Å². The quantitative estimate of drug-likeness (QED) is 0.909. The molecule has 1 aliphatic rings. The van der Waals surface area contributed by atoms with Gasteiger partial charge < -0.3 is 11.1 Å². The minimum absolute atomic E-state index is 0.174. The summed E-state index contributed by atoms with van der Waals surface area (Å²) >= 11 is 1.32. The van der Waals surface area contributed by atoms with Gasteiger partial charge in [-0.25, -0.2) is 9.37 Å². The van der Waals surface area contributed by atoms with Crippen LogP contribution in [0.1, 0.15) is 32.1 Å². The average molecular weight is 319 g/mol. The number of benzene rings is 1. The number of carbonyl (C=O) groups excluding carboxylic acids is 1. The minimum atomic E-state index is -0.789. The number of hydrogen-bond donors (Lipinski definition) is 2. The van der Waals surface area contributed by atoms with Crippen molar-refractivity contribution in [2.75, 3.05) is 5.32 Å². The zero-order valence-corrected chi connectivity index (χ0v) is 13.0. The van der Waals surface area contributed by atoms with E-state index in [2.05, 4.69) is 10.3 Å². The van der Waals surface area contributed by atoms with Gasteiger partial charge in [-0.05, 0) is 25.0 Å². The first-order valence-corrected chi connectivity index (χ1v) is 8.27. The van der Waals surface area contributed by atoms with Gasteiger partial charge in [0.25, 0.3) is 0 Å². The Bertz CT molecular complexity index is 680. The first kappa shape index (κ1) is 15.1. The summed E-state index contributed by atoms with van der Waals surface area (Å²) in [5.41, 5.74) is 6.75. The van der Waals surface area contributed by atoms with Gasteiger partial charge in [-0.1, -0.05) is 31.4 Å². The molecule has 0 atom stereocenters. The van der Waals surface area contributed by atoms with E-state index < -0.39 is 5.54 Å². The van der Waals surface area contributed by atoms with Crippen molar-refractivity contribution < 1.29 is 9.18 Å². The Morgan fingerprint density at radius 2 is 2.09 bits per heavy atom. The van der Waals surface area contributed by atoms with Crippen LogP contribution in [0.15, 0.2) is 29.6 Å². The van der Waals surface area contributed by atoms with E-state index in [9.17, 15) is 9.18 Å². The molecule has 1 aliphatic carbocycles. The van der Waals surface area contributed by atoms with Gasteiger partial charge in [-0.15, -0.1) is 11.3 Å². The SMILES string of the molecule is NC1(C(=O)Nc2nc(-c3cccc(F)c3)cs2)CCCCC1. The van der Waals surface area contributed by atoms with Crippen LogP contribution in [-0.4, -0.2) is 16.4 Å². The van der Waals surface area contributed by atoms with E-state index in [4.69, 9.17) is 5.73 Å². The molecule has 0 saturated heterocycles. The highest BCUT2D eigenvalue weighted by Gasteiger charge is 2.35. The van der Waals surface area contributed by atoms with Crippen LogP contribution >= 0.6 is 11.3 Å². The van der Waals surface area contributed by atoms with Gasteiger partial charge in [0.05, 0.1) is 11.2 Å². The van der Waals surface area contributed by atoms with E-state index in [1.807, 2.05) is 0 Å². The molecule has 3 rings (SSSR count). The highest BCUT2D eigenvalue weighted by atomic mass is 32.1. The summed E-state index contributed by atoms with van der Waals surface area (Å²) in [6, 6.07) is 6.24. The summed E-state index contributed by atoms with van der Waals surface area (Å²) < 4.78 is 13.3. The molecule has 0 bridgehead atoms. The molecule has 0 unspecified atom stereocenters. The number of hydrogen-bond acceptors (Lipinski definition) is 4. The van der Waals surface area contributed by atoms with E-state index in [1.165, 1.54) is 23.5 Å². The number of carbonyl (C=O) groups is 1. The highest BCUT2D eigenvalue weighted by Crippen LogP contribution is 2.29. The predicted molar refractivity (Wildman–Crippen MR) is 86.1 cm³/mol. The molecule has 3 N–H and O–H groups in total. The average Bonchev–Trinajstić information content (AvgIpc) is 2.96. The lowest BCUT2D eigenvalue weighted by Gasteiger charge is -2.31. The fourth-order valence-electron chi connectivity index (χ4n) is 2.74. The number of rotatable bonds is 3. The Morgan fingerprint density at radius 3 is 2.82 bits per heavy atom. The number of nitrogens with two attached hydrogens (primary N) is 1. The molecule has 0 aliphatic heterocycles. The molecule has 1 aromatic heterocycles. The fourth-order valence-corrected chi connectivity index (χ4v) is 3.46. The van der Waals surface area contributed by atoms with Crippen molar-refractivity contribution >= 4 is 22.4 Å². The Hall–Kier alpha value is -1.79. The van der Waals surface area contributed by atoms with Crippen molar-refractivity contribution in [2.24, 2.45) is 5.73 Å². The van der Waals surface area contributed by atoms with E-state index in [1.54, 1.807) is 17.5 Å². The second kappa shape index (κ2) is 6.14. The lowest BCUT2D eigenvalue weighted by Crippen LogP contribution is -2.52. The first-order valence-electron chi connectivity index (χ1n) is 7.39. The number of anilines is 1. The summed E-state index contributed by atoms with van der Waals surface area (Å²) in [5.74, 6) is -0.480. The largest absolute Gasteiger partial charge is 0.317 e. The number of thiazole rings is 1. The minimum Gasteiger partial charge on any atom is -0.317 e. The molecule has 1 aromatic carbocycles. The van der Waals surface area contributed by atoms with E-state index >= 15 is 0 Å². The summed E-state index contributed by atoms with van der Waals surface area (Å²) in [4.78, 5) is 16.7. The number of nitrogens with one attached hydrogen (secondary N) is 1. The van der Waals surface area contributed by atoms with Crippen molar-refractivity contribution in [3.8, 4) is 11.3 Å². The van der Waals surface area contributed by atoms with Crippen LogP contribution in [0.2, 0.25) is 0 Å². The molecule has 1 saturated carbocycles. The number of halogens is 1. The lowest BCUT2D eigenvalue weighted by molar-refractivity contribution is -0.122. The van der Waals surface area contributed by atoms with Crippen molar-refractivity contribution in [3.63, 3.8) is 0 Å². The summed E-state index contributed by atoms with van der Waals surface area (Å²) in [6.45, 7) is 0. The van der Waals surface area contributed by atoms with Gasteiger partial charge in [-0.2, -0.15) is 0 Å². The molecule has 1 amide bonds. The molecule has 6 heteroatoms. The van der Waals surface area contributed by atoms with Crippen molar-refractivity contribution in [1.29, 1.82) is 0 Å². The molecule has 22 heavy (non-hydrogen) atoms. The maximum Gasteiger partial charge on any atom is 0.246 e. The third-order valence-corrected chi connectivity index (χ3v) is 4.80. The molecular formula is C16H18FN3OS. The third kappa shape index (κ3) is 3.18. The third-order valence-electron chi connectivity index (χ3n) is 4.04. The zero-order chi connectivity index (χ0) is 15.6. The van der Waals surface area contributed by atoms with Crippen LogP contribution in [0.25, 0.3) is 11.3 Å². The van der Waals surface area contributed by atoms with E-state index in [0.717, 1.165) is 19.3 Å². The smallest absolute Gasteiger partial charge is 0.246 e. The predicted octanol–water partition coefficient (Wildman–Crippen LogP) is 3.55. The summed E-state index contributed by atoms with van der Waals surface area (Å²) in [7, 11) is 0. The van der Waals surface area contributed by atoms with Gasteiger partial charge in [0.1, 0.15) is 5.82 Å². The van der Waals surface area contributed by atoms with E-state index in [-0.39, 0.29) is 11.7 Å². The van der Waals surface area contributed by atoms with Crippen LogP contribution in [0.3, 0.4) is 0 Å². The molecule has 2 aromatic rings.